The molecule has 0 radical (unpaired) electrons. The lowest BCUT2D eigenvalue weighted by molar-refractivity contribution is -0.137. The number of hydrogen-bond acceptors (Lipinski definition) is 6. The average Bonchev–Trinajstić information content (AvgIpc) is 3.37. The number of nitriles is 1. The molecule has 0 saturated heterocycles. The van der Waals surface area contributed by atoms with Crippen molar-refractivity contribution in [3.8, 4) is 6.07 Å². The van der Waals surface area contributed by atoms with E-state index in [9.17, 15) is 14.9 Å². The largest absolute Gasteiger partial charge is 0.456 e. The molecule has 1 atom stereocenters. The molecule has 176 valence electrons. The molecule has 0 fully saturated rings. The summed E-state index contributed by atoms with van der Waals surface area (Å²) in [5.41, 5.74) is 8.12. The van der Waals surface area contributed by atoms with Crippen LogP contribution in [0.25, 0.3) is 0 Å². The van der Waals surface area contributed by atoms with E-state index in [2.05, 4.69) is 6.07 Å². The Bertz CT molecular complexity index is 1560. The second-order valence-corrected chi connectivity index (χ2v) is 9.17. The molecule has 3 aliphatic rings. The van der Waals surface area contributed by atoms with E-state index in [0.717, 1.165) is 5.56 Å². The normalized spacial score (nSPS) is 20.6. The zero-order chi connectivity index (χ0) is 25.0. The van der Waals surface area contributed by atoms with E-state index in [0.29, 0.717) is 27.7 Å². The minimum Gasteiger partial charge on any atom is -0.456 e. The second kappa shape index (κ2) is 8.01. The topological polar surface area (TPSA) is 99.7 Å². The highest BCUT2D eigenvalue weighted by Crippen LogP contribution is 2.56. The van der Waals surface area contributed by atoms with Crippen molar-refractivity contribution in [2.45, 2.75) is 12.0 Å². The Morgan fingerprint density at radius 1 is 1.03 bits per heavy atom. The number of carbonyl (C=O) groups is 2. The van der Waals surface area contributed by atoms with E-state index >= 15 is 0 Å². The van der Waals surface area contributed by atoms with Gasteiger partial charge in [0.25, 0.3) is 0 Å². The SMILES string of the molecule is N#CC1=C(N)N(c2ccccc2)C2=C(C(=O)OC2)[C@]12C(=O)N(Cc1cccc(Cl)c1)c1ccccc12. The van der Waals surface area contributed by atoms with Gasteiger partial charge in [0.1, 0.15) is 23.9 Å². The van der Waals surface area contributed by atoms with Crippen molar-refractivity contribution in [1.29, 1.82) is 5.26 Å². The van der Waals surface area contributed by atoms with Crippen molar-refractivity contribution >= 4 is 34.9 Å². The summed E-state index contributed by atoms with van der Waals surface area (Å²) in [4.78, 5) is 31.0. The molecule has 3 heterocycles. The summed E-state index contributed by atoms with van der Waals surface area (Å²) in [7, 11) is 0. The quantitative estimate of drug-likeness (QED) is 0.549. The van der Waals surface area contributed by atoms with Crippen molar-refractivity contribution in [3.05, 3.63) is 118 Å². The minimum atomic E-state index is -1.71. The molecule has 1 spiro atoms. The zero-order valence-corrected chi connectivity index (χ0v) is 19.7. The first-order chi connectivity index (χ1) is 17.5. The van der Waals surface area contributed by atoms with E-state index in [1.165, 1.54) is 0 Å². The number of nitrogens with two attached hydrogens (primary N) is 1. The molecule has 0 aromatic heterocycles. The number of hydrogen-bond donors (Lipinski definition) is 1. The first-order valence-electron chi connectivity index (χ1n) is 11.3. The third kappa shape index (κ3) is 2.85. The fourth-order valence-corrected chi connectivity index (χ4v) is 5.65. The number of nitrogens with zero attached hydrogens (tertiary/aromatic N) is 3. The molecule has 0 bridgehead atoms. The molecule has 3 aliphatic heterocycles. The minimum absolute atomic E-state index is 0.00463. The van der Waals surface area contributed by atoms with Crippen LogP contribution >= 0.6 is 11.6 Å². The molecular weight excluding hydrogens is 476 g/mol. The van der Waals surface area contributed by atoms with E-state index in [4.69, 9.17) is 22.1 Å². The third-order valence-electron chi connectivity index (χ3n) is 6.87. The number of ether oxygens (including phenoxy) is 1. The summed E-state index contributed by atoms with van der Waals surface area (Å²) in [6.45, 7) is 0.144. The van der Waals surface area contributed by atoms with Crippen molar-refractivity contribution in [2.24, 2.45) is 5.73 Å². The lowest BCUT2D eigenvalue weighted by Crippen LogP contribution is -2.50. The maximum Gasteiger partial charge on any atom is 0.338 e. The van der Waals surface area contributed by atoms with Crippen molar-refractivity contribution in [2.75, 3.05) is 16.4 Å². The van der Waals surface area contributed by atoms with Gasteiger partial charge in [-0.05, 0) is 35.9 Å². The number of halogens is 1. The standard InChI is InChI=1S/C28H19ClN4O3/c29-18-8-6-7-17(13-18)15-32-22-12-5-4-11-20(22)28(27(32)35)21(14-30)25(31)33(19-9-2-1-3-10-19)23-16-36-26(34)24(23)28/h1-13H,15-16,31H2/t28-/m1/s1. The zero-order valence-electron chi connectivity index (χ0n) is 18.9. The summed E-state index contributed by atoms with van der Waals surface area (Å²) in [5.74, 6) is -0.977. The summed E-state index contributed by atoms with van der Waals surface area (Å²) in [6.07, 6.45) is 0. The number of cyclic esters (lactones) is 1. The molecule has 36 heavy (non-hydrogen) atoms. The molecular formula is C28H19ClN4O3. The summed E-state index contributed by atoms with van der Waals surface area (Å²) in [5, 5.41) is 11.0. The lowest BCUT2D eigenvalue weighted by atomic mass is 9.67. The Morgan fingerprint density at radius 3 is 2.53 bits per heavy atom. The van der Waals surface area contributed by atoms with Crippen molar-refractivity contribution in [1.82, 2.24) is 0 Å². The van der Waals surface area contributed by atoms with E-state index in [-0.39, 0.29) is 30.1 Å². The Morgan fingerprint density at radius 2 is 1.78 bits per heavy atom. The number of benzene rings is 3. The smallest absolute Gasteiger partial charge is 0.338 e. The maximum absolute atomic E-state index is 14.5. The number of amides is 1. The van der Waals surface area contributed by atoms with Gasteiger partial charge in [-0.25, -0.2) is 4.79 Å². The monoisotopic (exact) mass is 494 g/mol. The van der Waals surface area contributed by atoms with Gasteiger partial charge in [-0.15, -0.1) is 0 Å². The number of fused-ring (bicyclic) bond motifs is 3. The molecule has 3 aromatic carbocycles. The summed E-state index contributed by atoms with van der Waals surface area (Å²) >= 11 is 6.20. The molecule has 8 heteroatoms. The van der Waals surface area contributed by atoms with Crippen LogP contribution < -0.4 is 15.5 Å². The van der Waals surface area contributed by atoms with Gasteiger partial charge in [-0.1, -0.05) is 60.1 Å². The van der Waals surface area contributed by atoms with Gasteiger partial charge >= 0.3 is 5.97 Å². The Labute approximate surface area is 212 Å². The Balaban J connectivity index is 1.62. The molecule has 1 amide bonds. The third-order valence-corrected chi connectivity index (χ3v) is 7.11. The Kier molecular flexibility index (Phi) is 4.88. The molecule has 7 nitrogen and oxygen atoms in total. The van der Waals surface area contributed by atoms with Crippen molar-refractivity contribution in [3.63, 3.8) is 0 Å². The summed E-state index contributed by atoms with van der Waals surface area (Å²) < 4.78 is 5.48. The predicted octanol–water partition coefficient (Wildman–Crippen LogP) is 4.15. The number of anilines is 2. The van der Waals surface area contributed by atoms with Gasteiger partial charge in [0.15, 0.2) is 0 Å². The molecule has 6 rings (SSSR count). The molecule has 0 aliphatic carbocycles. The molecule has 2 N–H and O–H groups in total. The fraction of sp³-hybridized carbons (Fsp3) is 0.107. The lowest BCUT2D eigenvalue weighted by Gasteiger charge is -2.38. The van der Waals surface area contributed by atoms with E-state index in [1.807, 2.05) is 54.6 Å². The van der Waals surface area contributed by atoms with Crippen LogP contribution in [-0.2, 0) is 26.3 Å². The first-order valence-corrected chi connectivity index (χ1v) is 11.7. The first kappa shape index (κ1) is 22.0. The van der Waals surface area contributed by atoms with Crippen LogP contribution in [0, 0.1) is 11.3 Å². The van der Waals surface area contributed by atoms with Gasteiger partial charge in [0.05, 0.1) is 23.4 Å². The number of para-hydroxylation sites is 2. The van der Waals surface area contributed by atoms with Crippen LogP contribution in [0.1, 0.15) is 11.1 Å². The van der Waals surface area contributed by atoms with Crippen LogP contribution in [0.15, 0.2) is 102 Å². The van der Waals surface area contributed by atoms with Gasteiger partial charge in [-0.3, -0.25) is 9.69 Å². The Hall–Kier alpha value is -4.54. The van der Waals surface area contributed by atoms with E-state index in [1.54, 1.807) is 34.1 Å². The van der Waals surface area contributed by atoms with Gasteiger partial charge in [0.2, 0.25) is 5.91 Å². The highest BCUT2D eigenvalue weighted by molar-refractivity contribution is 6.30. The summed E-state index contributed by atoms with van der Waals surface area (Å²) in [6, 6.07) is 25.8. The predicted molar refractivity (Wildman–Crippen MR) is 134 cm³/mol. The molecule has 0 saturated carbocycles. The molecule has 0 unspecified atom stereocenters. The highest BCUT2D eigenvalue weighted by Gasteiger charge is 2.63. The van der Waals surface area contributed by atoms with Crippen LogP contribution in [0.4, 0.5) is 11.4 Å². The average molecular weight is 495 g/mol. The molecule has 3 aromatic rings. The number of esters is 1. The van der Waals surface area contributed by atoms with Crippen LogP contribution in [0.5, 0.6) is 0 Å². The second-order valence-electron chi connectivity index (χ2n) is 8.73. The fourth-order valence-electron chi connectivity index (χ4n) is 5.44. The van der Waals surface area contributed by atoms with E-state index < -0.39 is 17.3 Å². The maximum atomic E-state index is 14.5. The number of rotatable bonds is 3. The highest BCUT2D eigenvalue weighted by atomic mass is 35.5. The van der Waals surface area contributed by atoms with Gasteiger partial charge in [-0.2, -0.15) is 5.26 Å². The van der Waals surface area contributed by atoms with Crippen molar-refractivity contribution < 1.29 is 14.3 Å². The van der Waals surface area contributed by atoms with Gasteiger partial charge in [0, 0.05) is 22.0 Å². The van der Waals surface area contributed by atoms with Crippen LogP contribution in [0.3, 0.4) is 0 Å². The van der Waals surface area contributed by atoms with Crippen LogP contribution in [0.2, 0.25) is 5.02 Å². The van der Waals surface area contributed by atoms with Crippen LogP contribution in [-0.4, -0.2) is 18.5 Å². The van der Waals surface area contributed by atoms with Gasteiger partial charge < -0.3 is 15.4 Å². The number of carbonyl (C=O) groups excluding carboxylic acids is 2.